The van der Waals surface area contributed by atoms with Crippen molar-refractivity contribution in [2.75, 3.05) is 6.26 Å². The van der Waals surface area contributed by atoms with Gasteiger partial charge in [0.1, 0.15) is 24.0 Å². The number of rotatable bonds is 5. The molecule has 1 aromatic heterocycles. The molecule has 3 rings (SSSR count). The summed E-state index contributed by atoms with van der Waals surface area (Å²) < 4.78 is 18.0. The number of halogens is 1. The monoisotopic (exact) mass is 398 g/mol. The molecule has 0 aliphatic rings. The zero-order chi connectivity index (χ0) is 19.4. The Morgan fingerprint density at radius 3 is 2.70 bits per heavy atom. The van der Waals surface area contributed by atoms with E-state index in [0.29, 0.717) is 28.5 Å². The fourth-order valence-electron chi connectivity index (χ4n) is 2.67. The predicted octanol–water partition coefficient (Wildman–Crippen LogP) is 3.88. The molecule has 136 valence electrons. The molecular formula is C20H15ClN2O3S. The molecule has 0 fully saturated rings. The topological polar surface area (TPSA) is 83.0 Å². The molecule has 1 unspecified atom stereocenters. The van der Waals surface area contributed by atoms with Crippen LogP contribution in [0.4, 0.5) is 0 Å². The van der Waals surface area contributed by atoms with Crippen molar-refractivity contribution in [3.8, 4) is 22.9 Å². The van der Waals surface area contributed by atoms with Gasteiger partial charge in [0, 0.05) is 23.0 Å². The van der Waals surface area contributed by atoms with Crippen LogP contribution in [0.5, 0.6) is 5.75 Å². The molecule has 3 aromatic rings. The van der Waals surface area contributed by atoms with E-state index in [0.717, 1.165) is 5.56 Å². The Hall–Kier alpha value is -2.88. The molecule has 0 aliphatic heterocycles. The minimum Gasteiger partial charge on any atom is -0.489 e. The number of H-pyrrole nitrogens is 1. The maximum absolute atomic E-state index is 12.2. The number of aromatic amines is 1. The molecule has 5 nitrogen and oxygen atoms in total. The second kappa shape index (κ2) is 8.21. The van der Waals surface area contributed by atoms with E-state index >= 15 is 0 Å². The van der Waals surface area contributed by atoms with Crippen molar-refractivity contribution in [3.05, 3.63) is 81.2 Å². The Balaban J connectivity index is 1.96. The fraction of sp³-hybridized carbons (Fsp3) is 0.100. The maximum Gasteiger partial charge on any atom is 0.267 e. The number of hydrogen-bond donors (Lipinski definition) is 1. The second-order valence-corrected chi connectivity index (χ2v) is 7.50. The number of benzene rings is 2. The third-order valence-corrected chi connectivity index (χ3v) is 5.12. The van der Waals surface area contributed by atoms with Crippen LogP contribution < -0.4 is 10.3 Å². The van der Waals surface area contributed by atoms with Crippen LogP contribution in [0.3, 0.4) is 0 Å². The van der Waals surface area contributed by atoms with Crippen LogP contribution in [0.1, 0.15) is 11.1 Å². The number of nitrogens with zero attached hydrogens (tertiary/aromatic N) is 1. The first-order valence-corrected chi connectivity index (χ1v) is 9.90. The van der Waals surface area contributed by atoms with Gasteiger partial charge in [-0.05, 0) is 35.4 Å². The van der Waals surface area contributed by atoms with Crippen molar-refractivity contribution in [2.45, 2.75) is 11.5 Å². The van der Waals surface area contributed by atoms with Gasteiger partial charge in [-0.15, -0.1) is 0 Å². The van der Waals surface area contributed by atoms with Crippen LogP contribution in [0.15, 0.2) is 64.4 Å². The second-order valence-electron chi connectivity index (χ2n) is 5.75. The van der Waals surface area contributed by atoms with Crippen molar-refractivity contribution in [1.29, 1.82) is 5.26 Å². The van der Waals surface area contributed by atoms with Gasteiger partial charge >= 0.3 is 0 Å². The number of aromatic nitrogens is 1. The highest BCUT2D eigenvalue weighted by atomic mass is 35.5. The molecule has 27 heavy (non-hydrogen) atoms. The molecule has 0 saturated heterocycles. The molecule has 0 amide bonds. The summed E-state index contributed by atoms with van der Waals surface area (Å²) in [6, 6.07) is 16.4. The Kier molecular flexibility index (Phi) is 5.75. The Morgan fingerprint density at radius 1 is 1.22 bits per heavy atom. The first-order valence-electron chi connectivity index (χ1n) is 7.96. The van der Waals surface area contributed by atoms with Crippen LogP contribution >= 0.6 is 11.6 Å². The number of pyridine rings is 1. The molecule has 1 N–H and O–H groups in total. The van der Waals surface area contributed by atoms with E-state index in [2.05, 4.69) is 4.98 Å². The minimum absolute atomic E-state index is 0.140. The van der Waals surface area contributed by atoms with Gasteiger partial charge in [0.25, 0.3) is 5.56 Å². The first-order chi connectivity index (χ1) is 13.0. The zero-order valence-corrected chi connectivity index (χ0v) is 15.9. The lowest BCUT2D eigenvalue weighted by Gasteiger charge is -2.11. The largest absolute Gasteiger partial charge is 0.489 e. The number of hydrogen-bond acceptors (Lipinski definition) is 4. The summed E-state index contributed by atoms with van der Waals surface area (Å²) in [6.07, 6.45) is 2.91. The van der Waals surface area contributed by atoms with Gasteiger partial charge in [-0.3, -0.25) is 9.00 Å². The molecule has 0 saturated carbocycles. The molecule has 0 bridgehead atoms. The summed E-state index contributed by atoms with van der Waals surface area (Å²) in [5.41, 5.74) is 1.45. The van der Waals surface area contributed by atoms with Crippen molar-refractivity contribution >= 4 is 22.4 Å². The highest BCUT2D eigenvalue weighted by Gasteiger charge is 2.17. The summed E-state index contributed by atoms with van der Waals surface area (Å²) in [5, 5.41) is 9.90. The van der Waals surface area contributed by atoms with Crippen molar-refractivity contribution in [1.82, 2.24) is 4.98 Å². The SMILES string of the molecule is CS(=O)c1c(-c2cccc(OCc3cccc(Cl)c3)c2)c[nH]c(=O)c1C#N. The number of nitrogens with one attached hydrogen (secondary N) is 1. The summed E-state index contributed by atoms with van der Waals surface area (Å²) in [4.78, 5) is 14.6. The fourth-order valence-corrected chi connectivity index (χ4v) is 3.80. The molecule has 2 aromatic carbocycles. The molecular weight excluding hydrogens is 384 g/mol. The third-order valence-electron chi connectivity index (χ3n) is 3.89. The minimum atomic E-state index is -1.50. The van der Waals surface area contributed by atoms with E-state index in [-0.39, 0.29) is 10.5 Å². The van der Waals surface area contributed by atoms with Crippen LogP contribution in [0.25, 0.3) is 11.1 Å². The van der Waals surface area contributed by atoms with E-state index in [4.69, 9.17) is 16.3 Å². The lowest BCUT2D eigenvalue weighted by molar-refractivity contribution is 0.306. The van der Waals surface area contributed by atoms with Gasteiger partial charge in [-0.2, -0.15) is 5.26 Å². The van der Waals surface area contributed by atoms with Crippen LogP contribution in [-0.4, -0.2) is 15.4 Å². The molecule has 0 spiro atoms. The van der Waals surface area contributed by atoms with E-state index in [1.807, 2.05) is 24.3 Å². The molecule has 0 radical (unpaired) electrons. The van der Waals surface area contributed by atoms with Crippen LogP contribution in [0, 0.1) is 11.3 Å². The van der Waals surface area contributed by atoms with Gasteiger partial charge in [-0.1, -0.05) is 35.9 Å². The normalized spacial score (nSPS) is 11.6. The van der Waals surface area contributed by atoms with Crippen molar-refractivity contribution in [2.24, 2.45) is 0 Å². The Bertz CT molecular complexity index is 1120. The van der Waals surface area contributed by atoms with Crippen molar-refractivity contribution in [3.63, 3.8) is 0 Å². The summed E-state index contributed by atoms with van der Waals surface area (Å²) in [6.45, 7) is 0.339. The van der Waals surface area contributed by atoms with E-state index in [1.54, 1.807) is 30.3 Å². The van der Waals surface area contributed by atoms with Gasteiger partial charge < -0.3 is 9.72 Å². The highest BCUT2D eigenvalue weighted by Crippen LogP contribution is 2.29. The van der Waals surface area contributed by atoms with Gasteiger partial charge in [0.15, 0.2) is 0 Å². The average Bonchev–Trinajstić information content (AvgIpc) is 2.66. The van der Waals surface area contributed by atoms with Crippen LogP contribution in [-0.2, 0) is 17.4 Å². The average molecular weight is 399 g/mol. The number of ether oxygens (including phenoxy) is 1. The summed E-state index contributed by atoms with van der Waals surface area (Å²) in [7, 11) is -1.50. The number of nitriles is 1. The lowest BCUT2D eigenvalue weighted by atomic mass is 10.1. The van der Waals surface area contributed by atoms with E-state index in [9.17, 15) is 14.3 Å². The smallest absolute Gasteiger partial charge is 0.267 e. The Morgan fingerprint density at radius 2 is 2.00 bits per heavy atom. The molecule has 7 heteroatoms. The van der Waals surface area contributed by atoms with Gasteiger partial charge in [-0.25, -0.2) is 0 Å². The molecule has 1 atom stereocenters. The zero-order valence-electron chi connectivity index (χ0n) is 14.4. The van der Waals surface area contributed by atoms with Gasteiger partial charge in [0.05, 0.1) is 15.7 Å². The quantitative estimate of drug-likeness (QED) is 0.706. The third kappa shape index (κ3) is 4.27. The highest BCUT2D eigenvalue weighted by molar-refractivity contribution is 7.84. The Labute approximate surface area is 163 Å². The van der Waals surface area contributed by atoms with Gasteiger partial charge in [0.2, 0.25) is 0 Å². The van der Waals surface area contributed by atoms with Crippen molar-refractivity contribution < 1.29 is 8.95 Å². The first kappa shape index (κ1) is 18.9. The maximum atomic E-state index is 12.2. The summed E-state index contributed by atoms with van der Waals surface area (Å²) in [5.74, 6) is 0.602. The standard InChI is InChI=1S/C20H15ClN2O3S/c1-27(25)19-17(10-22)20(24)23-11-18(19)14-5-3-7-16(9-14)26-12-13-4-2-6-15(21)8-13/h2-9,11H,12H2,1H3,(H,23,24). The summed E-state index contributed by atoms with van der Waals surface area (Å²) >= 11 is 5.98. The predicted molar refractivity (Wildman–Crippen MR) is 105 cm³/mol. The van der Waals surface area contributed by atoms with E-state index < -0.39 is 16.4 Å². The van der Waals surface area contributed by atoms with Crippen LogP contribution in [0.2, 0.25) is 5.02 Å². The molecule has 0 aliphatic carbocycles. The molecule has 1 heterocycles. The van der Waals surface area contributed by atoms with E-state index in [1.165, 1.54) is 12.5 Å². The lowest BCUT2D eigenvalue weighted by Crippen LogP contribution is -2.14.